The van der Waals surface area contributed by atoms with Gasteiger partial charge in [0, 0.05) is 13.1 Å². The number of hydrogen-bond acceptors (Lipinski definition) is 3. The number of benzene rings is 1. The molecule has 2 rings (SSSR count). The van der Waals surface area contributed by atoms with Crippen LogP contribution in [0.2, 0.25) is 0 Å². The summed E-state index contributed by atoms with van der Waals surface area (Å²) in [6, 6.07) is 8.00. The van der Waals surface area contributed by atoms with Crippen LogP contribution in [0.5, 0.6) is 5.75 Å². The highest BCUT2D eigenvalue weighted by atomic mass is 16.5. The van der Waals surface area contributed by atoms with Gasteiger partial charge in [0.1, 0.15) is 5.75 Å². The molecule has 0 radical (unpaired) electrons. The lowest BCUT2D eigenvalue weighted by molar-refractivity contribution is -0.124. The number of hydrogen-bond donors (Lipinski definition) is 2. The molecule has 0 saturated carbocycles. The average molecular weight is 262 g/mol. The van der Waals surface area contributed by atoms with Crippen molar-refractivity contribution in [2.75, 3.05) is 26.2 Å². The summed E-state index contributed by atoms with van der Waals surface area (Å²) in [7, 11) is 0. The van der Waals surface area contributed by atoms with Crippen molar-refractivity contribution >= 4 is 5.91 Å². The molecule has 4 nitrogen and oxygen atoms in total. The predicted molar refractivity (Wildman–Crippen MR) is 75.3 cm³/mol. The Balaban J connectivity index is 1.56. The standard InChI is InChI=1S/C15H22N2O2/c1-12-3-5-14(6-4-12)19-10-2-8-17-15(18)13-7-9-16-11-13/h3-6,13,16H,2,7-11H2,1H3,(H,17,18). The van der Waals surface area contributed by atoms with Gasteiger partial charge < -0.3 is 15.4 Å². The molecule has 1 heterocycles. The Labute approximate surface area is 114 Å². The van der Waals surface area contributed by atoms with Gasteiger partial charge in [0.05, 0.1) is 12.5 Å². The summed E-state index contributed by atoms with van der Waals surface area (Å²) in [6.07, 6.45) is 1.78. The molecular weight excluding hydrogens is 240 g/mol. The monoisotopic (exact) mass is 262 g/mol. The zero-order valence-electron chi connectivity index (χ0n) is 11.4. The van der Waals surface area contributed by atoms with Gasteiger partial charge in [0.15, 0.2) is 0 Å². The minimum absolute atomic E-state index is 0.151. The second kappa shape index (κ2) is 7.14. The Hall–Kier alpha value is -1.55. The van der Waals surface area contributed by atoms with E-state index in [1.807, 2.05) is 24.3 Å². The Morgan fingerprint density at radius 2 is 2.21 bits per heavy atom. The van der Waals surface area contributed by atoms with Gasteiger partial charge in [-0.2, -0.15) is 0 Å². The summed E-state index contributed by atoms with van der Waals surface area (Å²) in [4.78, 5) is 11.7. The van der Waals surface area contributed by atoms with Crippen LogP contribution in [0, 0.1) is 12.8 Å². The van der Waals surface area contributed by atoms with Gasteiger partial charge in [0.25, 0.3) is 0 Å². The highest BCUT2D eigenvalue weighted by molar-refractivity contribution is 5.79. The summed E-state index contributed by atoms with van der Waals surface area (Å²) >= 11 is 0. The lowest BCUT2D eigenvalue weighted by Crippen LogP contribution is -2.33. The van der Waals surface area contributed by atoms with E-state index in [0.29, 0.717) is 13.2 Å². The van der Waals surface area contributed by atoms with Crippen molar-refractivity contribution in [3.8, 4) is 5.75 Å². The maximum Gasteiger partial charge on any atom is 0.224 e. The molecule has 0 bridgehead atoms. The number of carbonyl (C=O) groups is 1. The summed E-state index contributed by atoms with van der Waals surface area (Å²) in [5, 5.41) is 6.16. The molecule has 1 aromatic carbocycles. The van der Waals surface area contributed by atoms with Gasteiger partial charge in [-0.25, -0.2) is 0 Å². The van der Waals surface area contributed by atoms with E-state index in [-0.39, 0.29) is 11.8 Å². The molecule has 1 amide bonds. The molecule has 1 unspecified atom stereocenters. The summed E-state index contributed by atoms with van der Waals surface area (Å²) < 4.78 is 5.60. The zero-order chi connectivity index (χ0) is 13.5. The van der Waals surface area contributed by atoms with E-state index in [1.54, 1.807) is 0 Å². The lowest BCUT2D eigenvalue weighted by Gasteiger charge is -2.10. The number of aryl methyl sites for hydroxylation is 1. The van der Waals surface area contributed by atoms with Crippen molar-refractivity contribution in [2.24, 2.45) is 5.92 Å². The van der Waals surface area contributed by atoms with Gasteiger partial charge in [-0.1, -0.05) is 17.7 Å². The van der Waals surface area contributed by atoms with Crippen LogP contribution in [-0.4, -0.2) is 32.1 Å². The lowest BCUT2D eigenvalue weighted by atomic mass is 10.1. The smallest absolute Gasteiger partial charge is 0.224 e. The second-order valence-electron chi connectivity index (χ2n) is 5.00. The molecule has 0 aromatic heterocycles. The van der Waals surface area contributed by atoms with Crippen LogP contribution >= 0.6 is 0 Å². The molecular formula is C15H22N2O2. The summed E-state index contributed by atoms with van der Waals surface area (Å²) in [5.41, 5.74) is 1.23. The first-order valence-electron chi connectivity index (χ1n) is 6.93. The average Bonchev–Trinajstić information content (AvgIpc) is 2.94. The van der Waals surface area contributed by atoms with Gasteiger partial charge >= 0.3 is 0 Å². The molecule has 1 aliphatic heterocycles. The molecule has 2 N–H and O–H groups in total. The quantitative estimate of drug-likeness (QED) is 0.764. The van der Waals surface area contributed by atoms with Crippen molar-refractivity contribution in [1.82, 2.24) is 10.6 Å². The van der Waals surface area contributed by atoms with Crippen LogP contribution in [0.15, 0.2) is 24.3 Å². The van der Waals surface area contributed by atoms with E-state index in [0.717, 1.165) is 31.7 Å². The van der Waals surface area contributed by atoms with Crippen molar-refractivity contribution < 1.29 is 9.53 Å². The van der Waals surface area contributed by atoms with E-state index in [2.05, 4.69) is 17.6 Å². The van der Waals surface area contributed by atoms with Gasteiger partial charge in [-0.05, 0) is 38.4 Å². The first kappa shape index (κ1) is 13.9. The molecule has 1 aliphatic rings. The van der Waals surface area contributed by atoms with E-state index in [1.165, 1.54) is 5.56 Å². The largest absolute Gasteiger partial charge is 0.494 e. The highest BCUT2D eigenvalue weighted by Gasteiger charge is 2.21. The minimum Gasteiger partial charge on any atom is -0.494 e. The molecule has 4 heteroatoms. The highest BCUT2D eigenvalue weighted by Crippen LogP contribution is 2.11. The van der Waals surface area contributed by atoms with E-state index in [9.17, 15) is 4.79 Å². The Kier molecular flexibility index (Phi) is 5.21. The van der Waals surface area contributed by atoms with Crippen molar-refractivity contribution in [1.29, 1.82) is 0 Å². The van der Waals surface area contributed by atoms with E-state index >= 15 is 0 Å². The van der Waals surface area contributed by atoms with Crippen LogP contribution in [0.3, 0.4) is 0 Å². The zero-order valence-corrected chi connectivity index (χ0v) is 11.4. The number of amides is 1. The van der Waals surface area contributed by atoms with Crippen LogP contribution in [0.1, 0.15) is 18.4 Å². The van der Waals surface area contributed by atoms with Gasteiger partial charge in [-0.15, -0.1) is 0 Å². The maximum atomic E-state index is 11.7. The molecule has 1 saturated heterocycles. The van der Waals surface area contributed by atoms with Gasteiger partial charge in [-0.3, -0.25) is 4.79 Å². The van der Waals surface area contributed by atoms with Gasteiger partial charge in [0.2, 0.25) is 5.91 Å². The number of rotatable bonds is 6. The molecule has 0 spiro atoms. The first-order chi connectivity index (χ1) is 9.25. The third-order valence-electron chi connectivity index (χ3n) is 3.34. The van der Waals surface area contributed by atoms with Crippen molar-refractivity contribution in [3.05, 3.63) is 29.8 Å². The number of ether oxygens (including phenoxy) is 1. The molecule has 1 atom stereocenters. The number of nitrogens with one attached hydrogen (secondary N) is 2. The molecule has 104 valence electrons. The molecule has 1 fully saturated rings. The van der Waals surface area contributed by atoms with Crippen LogP contribution in [-0.2, 0) is 4.79 Å². The molecule has 19 heavy (non-hydrogen) atoms. The SMILES string of the molecule is Cc1ccc(OCCCNC(=O)C2CCNC2)cc1. The minimum atomic E-state index is 0.151. The fraction of sp³-hybridized carbons (Fsp3) is 0.533. The maximum absolute atomic E-state index is 11.7. The van der Waals surface area contributed by atoms with Crippen molar-refractivity contribution in [2.45, 2.75) is 19.8 Å². The Morgan fingerprint density at radius 1 is 1.42 bits per heavy atom. The Morgan fingerprint density at radius 3 is 2.89 bits per heavy atom. The summed E-state index contributed by atoms with van der Waals surface area (Å²) in [6.45, 7) is 5.13. The molecule has 0 aliphatic carbocycles. The second-order valence-corrected chi connectivity index (χ2v) is 5.00. The number of carbonyl (C=O) groups excluding carboxylic acids is 1. The molecule has 1 aromatic rings. The summed E-state index contributed by atoms with van der Waals surface area (Å²) in [5.74, 6) is 1.20. The predicted octanol–water partition coefficient (Wildman–Crippen LogP) is 1.49. The van der Waals surface area contributed by atoms with E-state index < -0.39 is 0 Å². The topological polar surface area (TPSA) is 50.4 Å². The van der Waals surface area contributed by atoms with Crippen LogP contribution < -0.4 is 15.4 Å². The van der Waals surface area contributed by atoms with E-state index in [4.69, 9.17) is 4.74 Å². The van der Waals surface area contributed by atoms with Crippen LogP contribution in [0.4, 0.5) is 0 Å². The third-order valence-corrected chi connectivity index (χ3v) is 3.34. The normalized spacial score (nSPS) is 18.3. The third kappa shape index (κ3) is 4.56. The fourth-order valence-electron chi connectivity index (χ4n) is 2.13. The van der Waals surface area contributed by atoms with Crippen molar-refractivity contribution in [3.63, 3.8) is 0 Å². The Bertz CT molecular complexity index is 397. The fourth-order valence-corrected chi connectivity index (χ4v) is 2.13. The van der Waals surface area contributed by atoms with Crippen LogP contribution in [0.25, 0.3) is 0 Å². The first-order valence-corrected chi connectivity index (χ1v) is 6.93.